The molecule has 0 saturated heterocycles. The van der Waals surface area contributed by atoms with E-state index in [0.29, 0.717) is 5.75 Å². The Bertz CT molecular complexity index is 601. The molecule has 6 N–H and O–H groups in total. The van der Waals surface area contributed by atoms with Crippen LogP contribution in [-0.2, 0) is 20.8 Å². The van der Waals surface area contributed by atoms with Crippen molar-refractivity contribution in [1.29, 1.82) is 0 Å². The van der Waals surface area contributed by atoms with Crippen LogP contribution in [0.4, 0.5) is 0 Å². The van der Waals surface area contributed by atoms with E-state index < -0.39 is 29.8 Å². The Balaban J connectivity index is 2.87. The molecule has 3 amide bonds. The molecule has 1 rings (SSSR count). The van der Waals surface area contributed by atoms with Crippen LogP contribution in [0.15, 0.2) is 24.3 Å². The summed E-state index contributed by atoms with van der Waals surface area (Å²) in [5.74, 6) is -0.983. The van der Waals surface area contributed by atoms with Gasteiger partial charge in [-0.15, -0.1) is 0 Å². The van der Waals surface area contributed by atoms with Gasteiger partial charge in [-0.1, -0.05) is 26.0 Å². The number of hydrogen-bond donors (Lipinski definition) is 4. The first-order valence-corrected chi connectivity index (χ1v) is 7.99. The number of primary amides is 1. The van der Waals surface area contributed by atoms with E-state index in [0.717, 1.165) is 5.56 Å². The van der Waals surface area contributed by atoms with Crippen LogP contribution in [0.5, 0.6) is 5.75 Å². The third-order valence-electron chi connectivity index (χ3n) is 3.69. The highest BCUT2D eigenvalue weighted by Crippen LogP contribution is 2.13. The maximum absolute atomic E-state index is 12.3. The Labute approximate surface area is 147 Å². The number of carbonyl (C=O) groups is 3. The van der Waals surface area contributed by atoms with Gasteiger partial charge in [0.05, 0.1) is 19.7 Å². The zero-order valence-electron chi connectivity index (χ0n) is 14.7. The van der Waals surface area contributed by atoms with E-state index in [9.17, 15) is 14.4 Å². The zero-order chi connectivity index (χ0) is 19.0. The van der Waals surface area contributed by atoms with Gasteiger partial charge in [0.2, 0.25) is 17.7 Å². The standard InChI is InChI=1S/C17H26N4O4/c1-10(2)15(19)17(24)21-13(16(23)20-9-14(18)22)8-11-4-6-12(25-3)7-5-11/h4-7,10,13,15H,8-9,19H2,1-3H3,(H2,18,22)(H,20,23)(H,21,24)/t13-,15-/m0/s1. The molecule has 0 aliphatic rings. The summed E-state index contributed by atoms with van der Waals surface area (Å²) in [5, 5.41) is 5.04. The molecule has 8 nitrogen and oxygen atoms in total. The lowest BCUT2D eigenvalue weighted by atomic mass is 10.0. The number of carbonyl (C=O) groups excluding carboxylic acids is 3. The summed E-state index contributed by atoms with van der Waals surface area (Å²) in [6, 6.07) is 5.50. The van der Waals surface area contributed by atoms with Gasteiger partial charge in [-0.3, -0.25) is 14.4 Å². The maximum atomic E-state index is 12.3. The van der Waals surface area contributed by atoms with Crippen molar-refractivity contribution in [2.75, 3.05) is 13.7 Å². The molecule has 0 saturated carbocycles. The average molecular weight is 350 g/mol. The minimum atomic E-state index is -0.870. The molecular weight excluding hydrogens is 324 g/mol. The number of hydrogen-bond acceptors (Lipinski definition) is 5. The molecular formula is C17H26N4O4. The Morgan fingerprint density at radius 1 is 1.12 bits per heavy atom. The lowest BCUT2D eigenvalue weighted by Crippen LogP contribution is -2.54. The van der Waals surface area contributed by atoms with E-state index in [1.165, 1.54) is 0 Å². The topological polar surface area (TPSA) is 137 Å². The molecule has 0 aliphatic heterocycles. The molecule has 0 radical (unpaired) electrons. The van der Waals surface area contributed by atoms with Crippen LogP contribution in [-0.4, -0.2) is 43.5 Å². The summed E-state index contributed by atoms with van der Waals surface area (Å²) in [4.78, 5) is 35.4. The predicted molar refractivity (Wildman–Crippen MR) is 93.6 cm³/mol. The van der Waals surface area contributed by atoms with E-state index in [-0.39, 0.29) is 18.9 Å². The van der Waals surface area contributed by atoms with E-state index in [2.05, 4.69) is 10.6 Å². The van der Waals surface area contributed by atoms with Crippen molar-refractivity contribution >= 4 is 17.7 Å². The fourth-order valence-electron chi connectivity index (χ4n) is 2.07. The molecule has 138 valence electrons. The van der Waals surface area contributed by atoms with Gasteiger partial charge in [0.25, 0.3) is 0 Å². The van der Waals surface area contributed by atoms with Gasteiger partial charge >= 0.3 is 0 Å². The van der Waals surface area contributed by atoms with Crippen molar-refractivity contribution in [3.63, 3.8) is 0 Å². The van der Waals surface area contributed by atoms with Crippen LogP contribution in [0.25, 0.3) is 0 Å². The van der Waals surface area contributed by atoms with Crippen molar-refractivity contribution in [1.82, 2.24) is 10.6 Å². The molecule has 0 bridgehead atoms. The second-order valence-electron chi connectivity index (χ2n) is 6.07. The van der Waals surface area contributed by atoms with Gasteiger partial charge in [0, 0.05) is 6.42 Å². The maximum Gasteiger partial charge on any atom is 0.243 e. The van der Waals surface area contributed by atoms with Crippen LogP contribution < -0.4 is 26.8 Å². The number of nitrogens with two attached hydrogens (primary N) is 2. The fraction of sp³-hybridized carbons (Fsp3) is 0.471. The summed E-state index contributed by atoms with van der Waals surface area (Å²) in [7, 11) is 1.56. The van der Waals surface area contributed by atoms with E-state index in [1.807, 2.05) is 13.8 Å². The van der Waals surface area contributed by atoms with Crippen LogP contribution in [0.3, 0.4) is 0 Å². The quantitative estimate of drug-likeness (QED) is 0.467. The second kappa shape index (κ2) is 9.63. The van der Waals surface area contributed by atoms with E-state index in [1.54, 1.807) is 31.4 Å². The first-order chi connectivity index (χ1) is 11.7. The number of rotatable bonds is 9. The van der Waals surface area contributed by atoms with Crippen LogP contribution in [0.1, 0.15) is 19.4 Å². The molecule has 0 aromatic heterocycles. The normalized spacial score (nSPS) is 13.0. The minimum Gasteiger partial charge on any atom is -0.497 e. The highest BCUT2D eigenvalue weighted by Gasteiger charge is 2.25. The van der Waals surface area contributed by atoms with Crippen molar-refractivity contribution < 1.29 is 19.1 Å². The third-order valence-corrected chi connectivity index (χ3v) is 3.69. The molecule has 8 heteroatoms. The molecule has 1 aromatic rings. The van der Waals surface area contributed by atoms with Crippen molar-refractivity contribution in [3.8, 4) is 5.75 Å². The Hall–Kier alpha value is -2.61. The zero-order valence-corrected chi connectivity index (χ0v) is 14.7. The SMILES string of the molecule is COc1ccc(C[C@H](NC(=O)[C@@H](N)C(C)C)C(=O)NCC(N)=O)cc1. The lowest BCUT2D eigenvalue weighted by Gasteiger charge is -2.22. The van der Waals surface area contributed by atoms with Gasteiger partial charge in [-0.25, -0.2) is 0 Å². The average Bonchev–Trinajstić information content (AvgIpc) is 2.58. The fourth-order valence-corrected chi connectivity index (χ4v) is 2.07. The summed E-state index contributed by atoms with van der Waals surface area (Å²) in [6.45, 7) is 3.33. The first-order valence-electron chi connectivity index (χ1n) is 7.99. The minimum absolute atomic E-state index is 0.0738. The molecule has 0 fully saturated rings. The summed E-state index contributed by atoms with van der Waals surface area (Å²) in [5.41, 5.74) is 11.7. The third kappa shape index (κ3) is 6.80. The Kier molecular flexibility index (Phi) is 7.87. The highest BCUT2D eigenvalue weighted by molar-refractivity contribution is 5.91. The van der Waals surface area contributed by atoms with Gasteiger partial charge < -0.3 is 26.8 Å². The van der Waals surface area contributed by atoms with Gasteiger partial charge in [0.15, 0.2) is 0 Å². The predicted octanol–water partition coefficient (Wildman–Crippen LogP) is -0.693. The van der Waals surface area contributed by atoms with Gasteiger partial charge in [0.1, 0.15) is 11.8 Å². The molecule has 0 spiro atoms. The molecule has 0 unspecified atom stereocenters. The molecule has 1 aromatic carbocycles. The molecule has 2 atom stereocenters. The van der Waals surface area contributed by atoms with Crippen LogP contribution in [0.2, 0.25) is 0 Å². The number of amides is 3. The highest BCUT2D eigenvalue weighted by atomic mass is 16.5. The Morgan fingerprint density at radius 2 is 1.72 bits per heavy atom. The summed E-state index contributed by atoms with van der Waals surface area (Å²) < 4.78 is 5.09. The van der Waals surface area contributed by atoms with Crippen LogP contribution >= 0.6 is 0 Å². The van der Waals surface area contributed by atoms with E-state index >= 15 is 0 Å². The van der Waals surface area contributed by atoms with Crippen molar-refractivity contribution in [2.24, 2.45) is 17.4 Å². The second-order valence-corrected chi connectivity index (χ2v) is 6.07. The number of nitrogens with one attached hydrogen (secondary N) is 2. The van der Waals surface area contributed by atoms with Crippen LogP contribution in [0, 0.1) is 5.92 Å². The number of ether oxygens (including phenoxy) is 1. The summed E-state index contributed by atoms with van der Waals surface area (Å²) in [6.07, 6.45) is 0.241. The lowest BCUT2D eigenvalue weighted by molar-refractivity contribution is -0.130. The molecule has 25 heavy (non-hydrogen) atoms. The Morgan fingerprint density at radius 3 is 2.20 bits per heavy atom. The smallest absolute Gasteiger partial charge is 0.243 e. The monoisotopic (exact) mass is 350 g/mol. The van der Waals surface area contributed by atoms with E-state index in [4.69, 9.17) is 16.2 Å². The van der Waals surface area contributed by atoms with Crippen molar-refractivity contribution in [3.05, 3.63) is 29.8 Å². The number of benzene rings is 1. The molecule has 0 heterocycles. The largest absolute Gasteiger partial charge is 0.497 e. The first kappa shape index (κ1) is 20.4. The number of methoxy groups -OCH3 is 1. The summed E-state index contributed by atoms with van der Waals surface area (Å²) >= 11 is 0. The van der Waals surface area contributed by atoms with Gasteiger partial charge in [-0.05, 0) is 23.6 Å². The van der Waals surface area contributed by atoms with Crippen molar-refractivity contribution in [2.45, 2.75) is 32.4 Å². The van der Waals surface area contributed by atoms with Gasteiger partial charge in [-0.2, -0.15) is 0 Å². The molecule has 0 aliphatic carbocycles.